The minimum atomic E-state index is -0.456. The second-order valence-corrected chi connectivity index (χ2v) is 5.83. The molecule has 0 aromatic heterocycles. The first kappa shape index (κ1) is 16.3. The molecule has 4 nitrogen and oxygen atoms in total. The molecule has 3 N–H and O–H groups in total. The summed E-state index contributed by atoms with van der Waals surface area (Å²) in [6.45, 7) is 4.79. The largest absolute Gasteiger partial charge is 0.491 e. The minimum absolute atomic E-state index is 0.323. The van der Waals surface area contributed by atoms with Crippen LogP contribution in [0.3, 0.4) is 0 Å². The normalized spacial score (nSPS) is 21.2. The molecule has 1 saturated heterocycles. The summed E-state index contributed by atoms with van der Waals surface area (Å²) in [4.78, 5) is 2.41. The van der Waals surface area contributed by atoms with Crippen LogP contribution in [0.1, 0.15) is 38.2 Å². The topological polar surface area (TPSA) is 58.7 Å². The highest BCUT2D eigenvalue weighted by Crippen LogP contribution is 2.20. The number of ether oxygens (including phenoxy) is 1. The first-order valence-corrected chi connectivity index (χ1v) is 8.07. The number of aliphatic hydroxyl groups is 1. The van der Waals surface area contributed by atoms with Gasteiger partial charge in [-0.1, -0.05) is 31.5 Å². The van der Waals surface area contributed by atoms with Gasteiger partial charge in [-0.25, -0.2) is 0 Å². The summed E-state index contributed by atoms with van der Waals surface area (Å²) < 4.78 is 5.74. The molecule has 2 atom stereocenters. The molecule has 21 heavy (non-hydrogen) atoms. The van der Waals surface area contributed by atoms with E-state index in [1.165, 1.54) is 19.3 Å². The molecular weight excluding hydrogens is 264 g/mol. The molecule has 0 radical (unpaired) electrons. The van der Waals surface area contributed by atoms with Crippen molar-refractivity contribution in [1.29, 1.82) is 0 Å². The van der Waals surface area contributed by atoms with Crippen molar-refractivity contribution in [3.05, 3.63) is 29.8 Å². The zero-order valence-corrected chi connectivity index (χ0v) is 13.0. The van der Waals surface area contributed by atoms with Crippen LogP contribution in [-0.4, -0.2) is 41.8 Å². The van der Waals surface area contributed by atoms with Crippen LogP contribution in [0.5, 0.6) is 5.75 Å². The van der Waals surface area contributed by atoms with Crippen LogP contribution >= 0.6 is 0 Å². The maximum Gasteiger partial charge on any atom is 0.123 e. The van der Waals surface area contributed by atoms with E-state index < -0.39 is 6.10 Å². The summed E-state index contributed by atoms with van der Waals surface area (Å²) in [6.07, 6.45) is 4.50. The lowest BCUT2D eigenvalue weighted by atomic mass is 10.00. The first-order valence-electron chi connectivity index (χ1n) is 8.07. The molecule has 0 amide bonds. The van der Waals surface area contributed by atoms with Crippen molar-refractivity contribution < 1.29 is 9.84 Å². The number of aliphatic hydroxyl groups excluding tert-OH is 1. The van der Waals surface area contributed by atoms with E-state index in [-0.39, 0.29) is 0 Å². The minimum Gasteiger partial charge on any atom is -0.491 e. The molecule has 0 aliphatic carbocycles. The van der Waals surface area contributed by atoms with Crippen molar-refractivity contribution >= 4 is 0 Å². The van der Waals surface area contributed by atoms with Crippen molar-refractivity contribution in [2.75, 3.05) is 19.7 Å². The third kappa shape index (κ3) is 4.70. The maximum atomic E-state index is 10.2. The monoisotopic (exact) mass is 292 g/mol. The van der Waals surface area contributed by atoms with Gasteiger partial charge in [0, 0.05) is 24.7 Å². The number of benzene rings is 1. The van der Waals surface area contributed by atoms with Crippen LogP contribution in [-0.2, 0) is 6.54 Å². The molecule has 1 aliphatic rings. The van der Waals surface area contributed by atoms with Crippen molar-refractivity contribution in [1.82, 2.24) is 4.90 Å². The van der Waals surface area contributed by atoms with E-state index in [1.54, 1.807) is 0 Å². The van der Waals surface area contributed by atoms with Gasteiger partial charge in [0.1, 0.15) is 18.5 Å². The smallest absolute Gasteiger partial charge is 0.123 e. The van der Waals surface area contributed by atoms with Crippen LogP contribution in [0.25, 0.3) is 0 Å². The van der Waals surface area contributed by atoms with E-state index in [2.05, 4.69) is 11.8 Å². The lowest BCUT2D eigenvalue weighted by molar-refractivity contribution is 0.0385. The van der Waals surface area contributed by atoms with E-state index in [0.717, 1.165) is 24.3 Å². The van der Waals surface area contributed by atoms with Crippen LogP contribution in [0, 0.1) is 0 Å². The molecule has 1 aliphatic heterocycles. The zero-order valence-electron chi connectivity index (χ0n) is 13.0. The van der Waals surface area contributed by atoms with Gasteiger partial charge in [0.05, 0.1) is 0 Å². The van der Waals surface area contributed by atoms with E-state index in [1.807, 2.05) is 24.3 Å². The van der Waals surface area contributed by atoms with Gasteiger partial charge >= 0.3 is 0 Å². The Bertz CT molecular complexity index is 425. The fraction of sp³-hybridized carbons (Fsp3) is 0.647. The fourth-order valence-electron chi connectivity index (χ4n) is 3.09. The Hall–Kier alpha value is -1.10. The molecule has 1 heterocycles. The van der Waals surface area contributed by atoms with Crippen molar-refractivity contribution in [3.63, 3.8) is 0 Å². The average Bonchev–Trinajstić information content (AvgIpc) is 2.53. The van der Waals surface area contributed by atoms with Gasteiger partial charge in [-0.2, -0.15) is 0 Å². The molecular formula is C17H28N2O2. The summed E-state index contributed by atoms with van der Waals surface area (Å²) in [6, 6.07) is 8.36. The number of para-hydroxylation sites is 1. The molecule has 1 aromatic carbocycles. The highest BCUT2D eigenvalue weighted by atomic mass is 16.5. The summed E-state index contributed by atoms with van der Waals surface area (Å²) in [5.41, 5.74) is 6.67. The highest BCUT2D eigenvalue weighted by molar-refractivity contribution is 5.32. The molecule has 4 heteroatoms. The quantitative estimate of drug-likeness (QED) is 0.808. The second-order valence-electron chi connectivity index (χ2n) is 5.83. The Kier molecular flexibility index (Phi) is 6.49. The van der Waals surface area contributed by atoms with E-state index in [4.69, 9.17) is 10.5 Å². The van der Waals surface area contributed by atoms with Gasteiger partial charge in [-0.3, -0.25) is 4.90 Å². The summed E-state index contributed by atoms with van der Waals surface area (Å²) in [5.74, 6) is 0.782. The number of nitrogens with zero attached hydrogens (tertiary/aromatic N) is 1. The Labute approximate surface area is 127 Å². The predicted octanol–water partition coefficient (Wildman–Crippen LogP) is 2.15. The van der Waals surface area contributed by atoms with Crippen LogP contribution in [0.2, 0.25) is 0 Å². The second kappa shape index (κ2) is 8.37. The molecule has 2 unspecified atom stereocenters. The number of piperidine rings is 1. The third-order valence-corrected chi connectivity index (χ3v) is 4.29. The highest BCUT2D eigenvalue weighted by Gasteiger charge is 2.23. The summed E-state index contributed by atoms with van der Waals surface area (Å²) >= 11 is 0. The molecule has 2 rings (SSSR count). The number of rotatable bonds is 7. The van der Waals surface area contributed by atoms with Crippen molar-refractivity contribution in [2.45, 2.75) is 51.3 Å². The third-order valence-electron chi connectivity index (χ3n) is 4.29. The Morgan fingerprint density at radius 2 is 2.19 bits per heavy atom. The van der Waals surface area contributed by atoms with Crippen LogP contribution in [0.15, 0.2) is 24.3 Å². The number of nitrogens with two attached hydrogens (primary N) is 1. The summed E-state index contributed by atoms with van der Waals surface area (Å²) in [7, 11) is 0. The SMILES string of the molecule is CCC1CCCCN1CC(O)COc1ccccc1CN. The standard InChI is InChI=1S/C17H28N2O2/c1-2-15-8-5-6-10-19(15)12-16(20)13-21-17-9-4-3-7-14(17)11-18/h3-4,7,9,15-16,20H,2,5-6,8,10-13,18H2,1H3. The predicted molar refractivity (Wildman–Crippen MR) is 85.3 cm³/mol. The number of hydrogen-bond donors (Lipinski definition) is 2. The molecule has 118 valence electrons. The Balaban J connectivity index is 1.82. The van der Waals surface area contributed by atoms with Crippen LogP contribution < -0.4 is 10.5 Å². The Morgan fingerprint density at radius 1 is 1.38 bits per heavy atom. The number of β-amino-alcohol motifs (C(OH)–C–C–N with tert-alkyl or cyclic N) is 1. The summed E-state index contributed by atoms with van der Waals surface area (Å²) in [5, 5.41) is 10.2. The molecule has 0 bridgehead atoms. The van der Waals surface area contributed by atoms with Crippen LogP contribution in [0.4, 0.5) is 0 Å². The van der Waals surface area contributed by atoms with Gasteiger partial charge < -0.3 is 15.6 Å². The van der Waals surface area contributed by atoms with Gasteiger partial charge in [0.15, 0.2) is 0 Å². The molecule has 0 saturated carbocycles. The number of hydrogen-bond acceptors (Lipinski definition) is 4. The van der Waals surface area contributed by atoms with Gasteiger partial charge in [-0.05, 0) is 31.9 Å². The average molecular weight is 292 g/mol. The van der Waals surface area contributed by atoms with Crippen molar-refractivity contribution in [2.24, 2.45) is 5.73 Å². The molecule has 1 aromatic rings. The van der Waals surface area contributed by atoms with Crippen molar-refractivity contribution in [3.8, 4) is 5.75 Å². The lowest BCUT2D eigenvalue weighted by Gasteiger charge is -2.36. The molecule has 0 spiro atoms. The van der Waals surface area contributed by atoms with Gasteiger partial charge in [0.25, 0.3) is 0 Å². The first-order chi connectivity index (χ1) is 10.2. The van der Waals surface area contributed by atoms with Gasteiger partial charge in [0.2, 0.25) is 0 Å². The van der Waals surface area contributed by atoms with E-state index in [0.29, 0.717) is 25.7 Å². The van der Waals surface area contributed by atoms with E-state index >= 15 is 0 Å². The Morgan fingerprint density at radius 3 is 2.95 bits per heavy atom. The maximum absolute atomic E-state index is 10.2. The zero-order chi connectivity index (χ0) is 15.1. The fourth-order valence-corrected chi connectivity index (χ4v) is 3.09. The van der Waals surface area contributed by atoms with E-state index in [9.17, 15) is 5.11 Å². The molecule has 1 fully saturated rings. The lowest BCUT2D eigenvalue weighted by Crippen LogP contribution is -2.44. The van der Waals surface area contributed by atoms with Gasteiger partial charge in [-0.15, -0.1) is 0 Å². The number of likely N-dealkylation sites (tertiary alicyclic amines) is 1.